The quantitative estimate of drug-likeness (QED) is 0.761. The fourth-order valence-corrected chi connectivity index (χ4v) is 1.22. The van der Waals surface area contributed by atoms with E-state index in [4.69, 9.17) is 16.3 Å². The fourth-order valence-electron chi connectivity index (χ4n) is 0.872. The molecule has 0 aliphatic rings. The molecule has 0 saturated heterocycles. The van der Waals surface area contributed by atoms with Gasteiger partial charge in [0.1, 0.15) is 0 Å². The zero-order valence-electron chi connectivity index (χ0n) is 7.77. The number of halogens is 3. The average molecular weight is 282 g/mol. The maximum atomic E-state index is 13.3. The third-order valence-electron chi connectivity index (χ3n) is 1.70. The summed E-state index contributed by atoms with van der Waals surface area (Å²) in [4.78, 5) is 0. The molecular formula is C10H11BrClFO. The molecule has 0 fully saturated rings. The Morgan fingerprint density at radius 1 is 1.57 bits per heavy atom. The van der Waals surface area contributed by atoms with Crippen LogP contribution in [0.15, 0.2) is 18.2 Å². The highest BCUT2D eigenvalue weighted by Gasteiger charge is 2.08. The first-order chi connectivity index (χ1) is 6.65. The number of hydrogen-bond donors (Lipinski definition) is 0. The van der Waals surface area contributed by atoms with Crippen molar-refractivity contribution in [2.45, 2.75) is 6.92 Å². The molecule has 0 amide bonds. The van der Waals surface area contributed by atoms with Crippen LogP contribution in [0.3, 0.4) is 0 Å². The molecule has 0 bridgehead atoms. The van der Waals surface area contributed by atoms with E-state index in [0.717, 1.165) is 5.33 Å². The van der Waals surface area contributed by atoms with Crippen LogP contribution < -0.4 is 4.74 Å². The molecule has 78 valence electrons. The molecule has 1 unspecified atom stereocenters. The molecular weight excluding hydrogens is 270 g/mol. The van der Waals surface area contributed by atoms with Gasteiger partial charge in [0.25, 0.3) is 0 Å². The topological polar surface area (TPSA) is 9.23 Å². The van der Waals surface area contributed by atoms with E-state index in [1.807, 2.05) is 6.92 Å². The van der Waals surface area contributed by atoms with Crippen molar-refractivity contribution in [1.29, 1.82) is 0 Å². The first-order valence-electron chi connectivity index (χ1n) is 4.28. The SMILES string of the molecule is CC(CBr)COc1cccc(Cl)c1F. The molecule has 1 nitrogen and oxygen atoms in total. The van der Waals surface area contributed by atoms with Gasteiger partial charge in [-0.05, 0) is 18.1 Å². The van der Waals surface area contributed by atoms with Crippen molar-refractivity contribution in [3.8, 4) is 5.75 Å². The summed E-state index contributed by atoms with van der Waals surface area (Å²) < 4.78 is 18.6. The normalized spacial score (nSPS) is 12.6. The summed E-state index contributed by atoms with van der Waals surface area (Å²) in [6, 6.07) is 4.74. The van der Waals surface area contributed by atoms with E-state index < -0.39 is 5.82 Å². The Bertz CT molecular complexity index is 306. The second kappa shape index (κ2) is 5.56. The number of benzene rings is 1. The lowest BCUT2D eigenvalue weighted by Gasteiger charge is -2.11. The predicted molar refractivity (Wildman–Crippen MR) is 59.9 cm³/mol. The van der Waals surface area contributed by atoms with Crippen LogP contribution in [0.2, 0.25) is 5.02 Å². The lowest BCUT2D eigenvalue weighted by Crippen LogP contribution is -2.10. The minimum absolute atomic E-state index is 0.0917. The summed E-state index contributed by atoms with van der Waals surface area (Å²) in [5.41, 5.74) is 0. The highest BCUT2D eigenvalue weighted by Crippen LogP contribution is 2.24. The molecule has 0 aliphatic carbocycles. The van der Waals surface area contributed by atoms with Gasteiger partial charge in [0.05, 0.1) is 11.6 Å². The molecule has 1 rings (SSSR count). The van der Waals surface area contributed by atoms with Gasteiger partial charge in [0.15, 0.2) is 11.6 Å². The Labute approximate surface area is 96.3 Å². The number of rotatable bonds is 4. The van der Waals surface area contributed by atoms with E-state index in [9.17, 15) is 4.39 Å². The van der Waals surface area contributed by atoms with Crippen LogP contribution in [0.25, 0.3) is 0 Å². The van der Waals surface area contributed by atoms with Gasteiger partial charge >= 0.3 is 0 Å². The summed E-state index contributed by atoms with van der Waals surface area (Å²) >= 11 is 8.92. The van der Waals surface area contributed by atoms with Gasteiger partial charge in [-0.25, -0.2) is 4.39 Å². The van der Waals surface area contributed by atoms with Gasteiger partial charge < -0.3 is 4.74 Å². The molecule has 0 aromatic heterocycles. The van der Waals surface area contributed by atoms with Crippen molar-refractivity contribution in [3.05, 3.63) is 29.0 Å². The summed E-state index contributed by atoms with van der Waals surface area (Å²) in [6.45, 7) is 2.49. The molecule has 0 heterocycles. The molecule has 0 aliphatic heterocycles. The third-order valence-corrected chi connectivity index (χ3v) is 3.10. The van der Waals surface area contributed by atoms with Gasteiger partial charge in [-0.1, -0.05) is 40.5 Å². The van der Waals surface area contributed by atoms with Crippen molar-refractivity contribution in [1.82, 2.24) is 0 Å². The van der Waals surface area contributed by atoms with Crippen LogP contribution in [0.5, 0.6) is 5.75 Å². The van der Waals surface area contributed by atoms with Crippen LogP contribution in [0, 0.1) is 11.7 Å². The Kier molecular flexibility index (Phi) is 4.69. The maximum Gasteiger partial charge on any atom is 0.183 e. The van der Waals surface area contributed by atoms with E-state index in [1.54, 1.807) is 12.1 Å². The smallest absolute Gasteiger partial charge is 0.183 e. The van der Waals surface area contributed by atoms with Crippen molar-refractivity contribution < 1.29 is 9.13 Å². The molecule has 0 N–H and O–H groups in total. The molecule has 0 spiro atoms. The molecule has 1 atom stereocenters. The van der Waals surface area contributed by atoms with E-state index >= 15 is 0 Å². The lowest BCUT2D eigenvalue weighted by molar-refractivity contribution is 0.262. The molecule has 1 aromatic carbocycles. The number of ether oxygens (including phenoxy) is 1. The van der Waals surface area contributed by atoms with Gasteiger partial charge in [-0.2, -0.15) is 0 Å². The Morgan fingerprint density at radius 3 is 2.93 bits per heavy atom. The van der Waals surface area contributed by atoms with Crippen LogP contribution in [-0.2, 0) is 0 Å². The van der Waals surface area contributed by atoms with Crippen molar-refractivity contribution in [3.63, 3.8) is 0 Å². The van der Waals surface area contributed by atoms with Crippen LogP contribution in [0.4, 0.5) is 4.39 Å². The standard InChI is InChI=1S/C10H11BrClFO/c1-7(5-11)6-14-9-4-2-3-8(12)10(9)13/h2-4,7H,5-6H2,1H3. The van der Waals surface area contributed by atoms with E-state index in [-0.39, 0.29) is 10.8 Å². The minimum atomic E-state index is -0.490. The maximum absolute atomic E-state index is 13.3. The predicted octanol–water partition coefficient (Wildman–Crippen LogP) is 3.89. The van der Waals surface area contributed by atoms with Crippen LogP contribution >= 0.6 is 27.5 Å². The fraction of sp³-hybridized carbons (Fsp3) is 0.400. The van der Waals surface area contributed by atoms with Gasteiger partial charge in [0.2, 0.25) is 0 Å². The van der Waals surface area contributed by atoms with Crippen LogP contribution in [-0.4, -0.2) is 11.9 Å². The van der Waals surface area contributed by atoms with Crippen molar-refractivity contribution >= 4 is 27.5 Å². The zero-order chi connectivity index (χ0) is 10.6. The molecule has 0 radical (unpaired) electrons. The molecule has 1 aromatic rings. The second-order valence-corrected chi connectivity index (χ2v) is 4.18. The van der Waals surface area contributed by atoms with Crippen molar-refractivity contribution in [2.75, 3.05) is 11.9 Å². The van der Waals surface area contributed by atoms with E-state index in [0.29, 0.717) is 12.5 Å². The summed E-state index contributed by atoms with van der Waals surface area (Å²) in [5.74, 6) is 0.0645. The third kappa shape index (κ3) is 3.14. The average Bonchev–Trinajstić information content (AvgIpc) is 2.20. The Morgan fingerprint density at radius 2 is 2.29 bits per heavy atom. The molecule has 4 heteroatoms. The van der Waals surface area contributed by atoms with Gasteiger partial charge in [-0.15, -0.1) is 0 Å². The number of hydrogen-bond acceptors (Lipinski definition) is 1. The van der Waals surface area contributed by atoms with Crippen LogP contribution in [0.1, 0.15) is 6.92 Å². The summed E-state index contributed by atoms with van der Waals surface area (Å²) in [7, 11) is 0. The Balaban J connectivity index is 2.63. The molecule has 14 heavy (non-hydrogen) atoms. The first-order valence-corrected chi connectivity index (χ1v) is 5.78. The largest absolute Gasteiger partial charge is 0.490 e. The monoisotopic (exact) mass is 280 g/mol. The molecule has 0 saturated carbocycles. The highest BCUT2D eigenvalue weighted by atomic mass is 79.9. The number of alkyl halides is 1. The van der Waals surface area contributed by atoms with Gasteiger partial charge in [-0.3, -0.25) is 0 Å². The lowest BCUT2D eigenvalue weighted by atomic mass is 10.2. The minimum Gasteiger partial charge on any atom is -0.490 e. The summed E-state index contributed by atoms with van der Waals surface area (Å²) in [6.07, 6.45) is 0. The second-order valence-electron chi connectivity index (χ2n) is 3.12. The van der Waals surface area contributed by atoms with Gasteiger partial charge in [0, 0.05) is 5.33 Å². The first kappa shape index (κ1) is 11.8. The van der Waals surface area contributed by atoms with E-state index in [2.05, 4.69) is 15.9 Å². The highest BCUT2D eigenvalue weighted by molar-refractivity contribution is 9.09. The van der Waals surface area contributed by atoms with E-state index in [1.165, 1.54) is 6.07 Å². The van der Waals surface area contributed by atoms with Crippen molar-refractivity contribution in [2.24, 2.45) is 5.92 Å². The Hall–Kier alpha value is -0.280. The zero-order valence-corrected chi connectivity index (χ0v) is 10.1. The summed E-state index contributed by atoms with van der Waals surface area (Å²) in [5, 5.41) is 0.920.